The molecule has 1 aromatic heterocycles. The number of benzene rings is 1. The molecule has 0 aliphatic heterocycles. The van der Waals surface area contributed by atoms with Gasteiger partial charge in [-0.15, -0.1) is 0 Å². The predicted molar refractivity (Wildman–Crippen MR) is 61.7 cm³/mol. The van der Waals surface area contributed by atoms with Crippen LogP contribution in [0.15, 0.2) is 28.9 Å². The summed E-state index contributed by atoms with van der Waals surface area (Å²) in [6.45, 7) is 0.887. The van der Waals surface area contributed by atoms with Crippen molar-refractivity contribution in [2.24, 2.45) is 0 Å². The first-order valence-corrected chi connectivity index (χ1v) is 5.41. The van der Waals surface area contributed by atoms with Gasteiger partial charge in [0, 0.05) is 28.0 Å². The summed E-state index contributed by atoms with van der Waals surface area (Å²) < 4.78 is 5.73. The van der Waals surface area contributed by atoms with Gasteiger partial charge in [0.25, 0.3) is 6.47 Å². The summed E-state index contributed by atoms with van der Waals surface area (Å²) in [6.07, 6.45) is 2.62. The molecule has 0 spiro atoms. The van der Waals surface area contributed by atoms with Crippen LogP contribution < -0.4 is 0 Å². The maximum atomic E-state index is 10.0. The van der Waals surface area contributed by atoms with Gasteiger partial charge in [0.15, 0.2) is 0 Å². The van der Waals surface area contributed by atoms with Crippen molar-refractivity contribution < 1.29 is 9.53 Å². The van der Waals surface area contributed by atoms with Crippen molar-refractivity contribution in [1.29, 1.82) is 0 Å². The van der Waals surface area contributed by atoms with Gasteiger partial charge in [-0.2, -0.15) is 0 Å². The van der Waals surface area contributed by atoms with Gasteiger partial charge >= 0.3 is 0 Å². The molecule has 0 unspecified atom stereocenters. The SMILES string of the molecule is O=COCCc1cc(Br)cc2cc[nH]c12. The molecule has 0 saturated carbocycles. The fourth-order valence-electron chi connectivity index (χ4n) is 1.62. The maximum Gasteiger partial charge on any atom is 0.293 e. The number of hydrogen-bond donors (Lipinski definition) is 1. The number of nitrogens with one attached hydrogen (secondary N) is 1. The maximum absolute atomic E-state index is 10.0. The van der Waals surface area contributed by atoms with Crippen molar-refractivity contribution in [3.05, 3.63) is 34.4 Å². The van der Waals surface area contributed by atoms with Crippen LogP contribution in [0.4, 0.5) is 0 Å². The van der Waals surface area contributed by atoms with Crippen molar-refractivity contribution >= 4 is 33.3 Å². The first kappa shape index (κ1) is 10.2. The zero-order valence-corrected chi connectivity index (χ0v) is 9.58. The highest BCUT2D eigenvalue weighted by Crippen LogP contribution is 2.23. The molecule has 2 aromatic rings. The van der Waals surface area contributed by atoms with Crippen LogP contribution in [0.2, 0.25) is 0 Å². The Morgan fingerprint density at radius 2 is 2.33 bits per heavy atom. The third kappa shape index (κ3) is 2.21. The minimum absolute atomic E-state index is 0.411. The molecule has 0 saturated heterocycles. The third-order valence-electron chi connectivity index (χ3n) is 2.26. The molecule has 2 rings (SSSR count). The molecular weight excluding hydrogens is 258 g/mol. The predicted octanol–water partition coefficient (Wildman–Crippen LogP) is 2.65. The molecule has 15 heavy (non-hydrogen) atoms. The molecule has 0 amide bonds. The Bertz CT molecular complexity index is 478. The third-order valence-corrected chi connectivity index (χ3v) is 2.72. The lowest BCUT2D eigenvalue weighted by Crippen LogP contribution is -1.97. The minimum atomic E-state index is 0.411. The number of rotatable bonds is 4. The standard InChI is InChI=1S/C11H10BrNO2/c12-10-5-8-1-3-13-11(8)9(6-10)2-4-15-7-14/h1,3,5-7,13H,2,4H2. The first-order chi connectivity index (χ1) is 7.31. The van der Waals surface area contributed by atoms with Crippen LogP contribution in [-0.4, -0.2) is 18.1 Å². The zero-order valence-electron chi connectivity index (χ0n) is 8.00. The average molecular weight is 268 g/mol. The molecule has 4 heteroatoms. The quantitative estimate of drug-likeness (QED) is 0.684. The van der Waals surface area contributed by atoms with Crippen LogP contribution in [-0.2, 0) is 16.0 Å². The van der Waals surface area contributed by atoms with Gasteiger partial charge in [-0.05, 0) is 23.8 Å². The number of aromatic amines is 1. The fourth-order valence-corrected chi connectivity index (χ4v) is 2.15. The molecule has 0 fully saturated rings. The van der Waals surface area contributed by atoms with E-state index >= 15 is 0 Å². The van der Waals surface area contributed by atoms with Crippen LogP contribution in [0.3, 0.4) is 0 Å². The van der Waals surface area contributed by atoms with E-state index in [0.717, 1.165) is 27.4 Å². The molecule has 1 heterocycles. The summed E-state index contributed by atoms with van der Waals surface area (Å²) in [4.78, 5) is 13.2. The van der Waals surface area contributed by atoms with Gasteiger partial charge < -0.3 is 9.72 Å². The molecule has 1 N–H and O–H groups in total. The van der Waals surface area contributed by atoms with Crippen molar-refractivity contribution in [2.75, 3.05) is 6.61 Å². The number of halogens is 1. The number of H-pyrrole nitrogens is 1. The Morgan fingerprint density at radius 1 is 1.47 bits per heavy atom. The monoisotopic (exact) mass is 267 g/mol. The number of carbonyl (C=O) groups excluding carboxylic acids is 1. The summed E-state index contributed by atoms with van der Waals surface area (Å²) >= 11 is 3.45. The summed E-state index contributed by atoms with van der Waals surface area (Å²) in [5.41, 5.74) is 2.25. The number of aromatic nitrogens is 1. The topological polar surface area (TPSA) is 42.1 Å². The van der Waals surface area contributed by atoms with Crippen molar-refractivity contribution in [3.8, 4) is 0 Å². The highest BCUT2D eigenvalue weighted by atomic mass is 79.9. The van der Waals surface area contributed by atoms with E-state index in [1.807, 2.05) is 18.3 Å². The highest BCUT2D eigenvalue weighted by Gasteiger charge is 2.04. The van der Waals surface area contributed by atoms with E-state index in [1.165, 1.54) is 0 Å². The van der Waals surface area contributed by atoms with Crippen LogP contribution in [0, 0.1) is 0 Å². The summed E-state index contributed by atoms with van der Waals surface area (Å²) in [5, 5.41) is 1.16. The van der Waals surface area contributed by atoms with E-state index in [9.17, 15) is 4.79 Å². The molecule has 78 valence electrons. The summed E-state index contributed by atoms with van der Waals surface area (Å²) in [6, 6.07) is 6.10. The molecule has 3 nitrogen and oxygen atoms in total. The Morgan fingerprint density at radius 3 is 3.13 bits per heavy atom. The van der Waals surface area contributed by atoms with Crippen LogP contribution in [0.5, 0.6) is 0 Å². The van der Waals surface area contributed by atoms with Crippen LogP contribution >= 0.6 is 15.9 Å². The van der Waals surface area contributed by atoms with Gasteiger partial charge in [0.05, 0.1) is 6.61 Å². The zero-order chi connectivity index (χ0) is 10.7. The van der Waals surface area contributed by atoms with E-state index in [2.05, 4.69) is 27.0 Å². The summed E-state index contributed by atoms with van der Waals surface area (Å²) in [7, 11) is 0. The Hall–Kier alpha value is -1.29. The molecular formula is C11H10BrNO2. The highest BCUT2D eigenvalue weighted by molar-refractivity contribution is 9.10. The van der Waals surface area contributed by atoms with Crippen molar-refractivity contribution in [2.45, 2.75) is 6.42 Å². The van der Waals surface area contributed by atoms with Crippen LogP contribution in [0.25, 0.3) is 10.9 Å². The Balaban J connectivity index is 2.31. The molecule has 0 aliphatic rings. The molecule has 0 bridgehead atoms. The normalized spacial score (nSPS) is 10.5. The van der Waals surface area contributed by atoms with Gasteiger partial charge in [-0.3, -0.25) is 4.79 Å². The lowest BCUT2D eigenvalue weighted by Gasteiger charge is -2.03. The lowest BCUT2D eigenvalue weighted by molar-refractivity contribution is -0.128. The van der Waals surface area contributed by atoms with Gasteiger partial charge in [-0.25, -0.2) is 0 Å². The fraction of sp³-hybridized carbons (Fsp3) is 0.182. The Kier molecular flexibility index (Phi) is 3.06. The average Bonchev–Trinajstić information content (AvgIpc) is 2.65. The smallest absolute Gasteiger partial charge is 0.293 e. The number of ether oxygens (including phenoxy) is 1. The summed E-state index contributed by atoms with van der Waals surface area (Å²) in [5.74, 6) is 0. The number of carbonyl (C=O) groups is 1. The van der Waals surface area contributed by atoms with Gasteiger partial charge in [0.1, 0.15) is 0 Å². The van der Waals surface area contributed by atoms with E-state index in [4.69, 9.17) is 4.74 Å². The number of fused-ring (bicyclic) bond motifs is 1. The second kappa shape index (κ2) is 4.49. The number of hydrogen-bond acceptors (Lipinski definition) is 2. The second-order valence-corrected chi connectivity index (χ2v) is 4.14. The van der Waals surface area contributed by atoms with E-state index < -0.39 is 0 Å². The second-order valence-electron chi connectivity index (χ2n) is 3.22. The molecule has 0 radical (unpaired) electrons. The van der Waals surface area contributed by atoms with Crippen molar-refractivity contribution in [3.63, 3.8) is 0 Å². The van der Waals surface area contributed by atoms with E-state index in [1.54, 1.807) is 0 Å². The molecule has 1 aromatic carbocycles. The van der Waals surface area contributed by atoms with E-state index in [0.29, 0.717) is 13.1 Å². The van der Waals surface area contributed by atoms with E-state index in [-0.39, 0.29) is 0 Å². The Labute approximate surface area is 95.6 Å². The minimum Gasteiger partial charge on any atom is -0.468 e. The molecule has 0 atom stereocenters. The van der Waals surface area contributed by atoms with Crippen LogP contribution in [0.1, 0.15) is 5.56 Å². The largest absolute Gasteiger partial charge is 0.468 e. The molecule has 0 aliphatic carbocycles. The van der Waals surface area contributed by atoms with Gasteiger partial charge in [-0.1, -0.05) is 15.9 Å². The lowest BCUT2D eigenvalue weighted by atomic mass is 10.1. The first-order valence-electron chi connectivity index (χ1n) is 4.62. The van der Waals surface area contributed by atoms with Crippen molar-refractivity contribution in [1.82, 2.24) is 4.98 Å². The van der Waals surface area contributed by atoms with Gasteiger partial charge in [0.2, 0.25) is 0 Å².